The molecule has 2 rings (SSSR count). The summed E-state index contributed by atoms with van der Waals surface area (Å²) in [5.74, 6) is 0.551. The van der Waals surface area contributed by atoms with Gasteiger partial charge in [0.05, 0.1) is 12.2 Å². The van der Waals surface area contributed by atoms with Crippen molar-refractivity contribution in [2.24, 2.45) is 5.92 Å². The molecule has 1 fully saturated rings. The van der Waals surface area contributed by atoms with E-state index in [0.717, 1.165) is 24.7 Å². The minimum absolute atomic E-state index is 0.305. The van der Waals surface area contributed by atoms with E-state index in [4.69, 9.17) is 17.0 Å². The Labute approximate surface area is 149 Å². The quantitative estimate of drug-likeness (QED) is 0.608. The number of hydrogen-bond donors (Lipinski definition) is 2. The molecule has 2 N–H and O–H groups in total. The summed E-state index contributed by atoms with van der Waals surface area (Å²) in [6.07, 6.45) is 2.57. The fourth-order valence-electron chi connectivity index (χ4n) is 2.69. The summed E-state index contributed by atoms with van der Waals surface area (Å²) >= 11 is 5.32. The van der Waals surface area contributed by atoms with Crippen molar-refractivity contribution >= 4 is 29.0 Å². The van der Waals surface area contributed by atoms with E-state index < -0.39 is 0 Å². The second-order valence-electron chi connectivity index (χ2n) is 6.20. The Morgan fingerprint density at radius 3 is 2.58 bits per heavy atom. The summed E-state index contributed by atoms with van der Waals surface area (Å²) in [5.41, 5.74) is 1.40. The minimum atomic E-state index is -0.305. The largest absolute Gasteiger partial charge is 0.462 e. The van der Waals surface area contributed by atoms with Gasteiger partial charge in [-0.1, -0.05) is 6.92 Å². The van der Waals surface area contributed by atoms with Crippen LogP contribution in [0.25, 0.3) is 0 Å². The maximum atomic E-state index is 11.6. The van der Waals surface area contributed by atoms with Gasteiger partial charge >= 0.3 is 5.97 Å². The molecule has 5 nitrogen and oxygen atoms in total. The third-order valence-electron chi connectivity index (χ3n) is 4.24. The van der Waals surface area contributed by atoms with E-state index in [2.05, 4.69) is 22.5 Å². The van der Waals surface area contributed by atoms with Crippen molar-refractivity contribution in [3.05, 3.63) is 29.8 Å². The third kappa shape index (κ3) is 6.09. The molecule has 0 spiro atoms. The molecule has 0 radical (unpaired) electrons. The van der Waals surface area contributed by atoms with Crippen LogP contribution in [-0.2, 0) is 4.74 Å². The van der Waals surface area contributed by atoms with E-state index in [1.807, 2.05) is 12.1 Å². The highest BCUT2D eigenvalue weighted by atomic mass is 32.1. The number of ether oxygens (including phenoxy) is 1. The second kappa shape index (κ2) is 9.59. The van der Waals surface area contributed by atoms with Crippen molar-refractivity contribution in [2.45, 2.75) is 26.7 Å². The number of nitrogens with zero attached hydrogens (tertiary/aromatic N) is 1. The Kier molecular flexibility index (Phi) is 7.46. The summed E-state index contributed by atoms with van der Waals surface area (Å²) in [6, 6.07) is 7.12. The van der Waals surface area contributed by atoms with Crippen molar-refractivity contribution in [1.29, 1.82) is 0 Å². The number of nitrogens with one attached hydrogen (secondary N) is 2. The third-order valence-corrected chi connectivity index (χ3v) is 4.49. The average molecular weight is 350 g/mol. The molecular formula is C18H27N3O2S. The fourth-order valence-corrected chi connectivity index (χ4v) is 2.91. The summed E-state index contributed by atoms with van der Waals surface area (Å²) in [6.45, 7) is 8.70. The van der Waals surface area contributed by atoms with Crippen LogP contribution in [0, 0.1) is 5.92 Å². The van der Waals surface area contributed by atoms with Crippen molar-refractivity contribution in [1.82, 2.24) is 10.2 Å². The average Bonchev–Trinajstić information content (AvgIpc) is 2.57. The van der Waals surface area contributed by atoms with Gasteiger partial charge in [0.15, 0.2) is 5.11 Å². The molecule has 0 atom stereocenters. The van der Waals surface area contributed by atoms with Crippen molar-refractivity contribution in [3.63, 3.8) is 0 Å². The molecule has 0 amide bonds. The van der Waals surface area contributed by atoms with Crippen LogP contribution in [0.1, 0.15) is 37.0 Å². The predicted molar refractivity (Wildman–Crippen MR) is 101 cm³/mol. The van der Waals surface area contributed by atoms with Gasteiger partial charge in [-0.25, -0.2) is 4.79 Å². The Balaban J connectivity index is 1.69. The summed E-state index contributed by atoms with van der Waals surface area (Å²) in [5, 5.41) is 6.97. The van der Waals surface area contributed by atoms with Crippen molar-refractivity contribution < 1.29 is 9.53 Å². The monoisotopic (exact) mass is 349 g/mol. The second-order valence-corrected chi connectivity index (χ2v) is 6.61. The minimum Gasteiger partial charge on any atom is -0.462 e. The van der Waals surface area contributed by atoms with Crippen molar-refractivity contribution in [2.75, 3.05) is 38.1 Å². The molecule has 132 valence electrons. The van der Waals surface area contributed by atoms with Gasteiger partial charge in [-0.05, 0) is 75.3 Å². The number of piperidine rings is 1. The number of anilines is 1. The van der Waals surface area contributed by atoms with E-state index in [9.17, 15) is 4.79 Å². The molecule has 0 aromatic heterocycles. The van der Waals surface area contributed by atoms with Crippen LogP contribution in [-0.4, -0.2) is 48.8 Å². The molecule has 1 aromatic rings. The molecule has 1 heterocycles. The molecule has 24 heavy (non-hydrogen) atoms. The summed E-state index contributed by atoms with van der Waals surface area (Å²) in [4.78, 5) is 14.1. The standard InChI is InChI=1S/C18H27N3O2S/c1-3-23-17(22)15-4-6-16(7-5-15)20-18(24)19-10-13-21-11-8-14(2)9-12-21/h4-7,14H,3,8-13H2,1-2H3,(H2,19,20,24). The number of carbonyl (C=O) groups excluding carboxylic acids is 1. The van der Waals surface area contributed by atoms with E-state index in [-0.39, 0.29) is 5.97 Å². The number of benzene rings is 1. The van der Waals surface area contributed by atoms with E-state index in [1.165, 1.54) is 25.9 Å². The maximum Gasteiger partial charge on any atom is 0.338 e. The highest BCUT2D eigenvalue weighted by Crippen LogP contribution is 2.15. The zero-order valence-electron chi connectivity index (χ0n) is 14.5. The highest BCUT2D eigenvalue weighted by Gasteiger charge is 2.14. The van der Waals surface area contributed by atoms with E-state index in [0.29, 0.717) is 17.3 Å². The maximum absolute atomic E-state index is 11.6. The number of esters is 1. The van der Waals surface area contributed by atoms with Crippen LogP contribution >= 0.6 is 12.2 Å². The number of carbonyl (C=O) groups is 1. The smallest absolute Gasteiger partial charge is 0.338 e. The lowest BCUT2D eigenvalue weighted by Crippen LogP contribution is -2.40. The van der Waals surface area contributed by atoms with Gasteiger partial charge < -0.3 is 20.3 Å². The first kappa shape index (κ1) is 18.7. The van der Waals surface area contributed by atoms with Gasteiger partial charge in [0, 0.05) is 18.8 Å². The molecule has 0 unspecified atom stereocenters. The zero-order valence-corrected chi connectivity index (χ0v) is 15.3. The first-order valence-electron chi connectivity index (χ1n) is 8.63. The van der Waals surface area contributed by atoms with Crippen LogP contribution in [0.4, 0.5) is 5.69 Å². The Morgan fingerprint density at radius 2 is 1.96 bits per heavy atom. The molecule has 1 aromatic carbocycles. The van der Waals surface area contributed by atoms with Gasteiger partial charge in [0.2, 0.25) is 0 Å². The zero-order chi connectivity index (χ0) is 17.4. The molecule has 6 heteroatoms. The van der Waals surface area contributed by atoms with Crippen LogP contribution in [0.15, 0.2) is 24.3 Å². The SMILES string of the molecule is CCOC(=O)c1ccc(NC(=S)NCCN2CCC(C)CC2)cc1. The van der Waals surface area contributed by atoms with E-state index in [1.54, 1.807) is 19.1 Å². The van der Waals surface area contributed by atoms with Gasteiger partial charge in [-0.2, -0.15) is 0 Å². The van der Waals surface area contributed by atoms with Crippen LogP contribution in [0.2, 0.25) is 0 Å². The van der Waals surface area contributed by atoms with Gasteiger partial charge in [-0.3, -0.25) is 0 Å². The van der Waals surface area contributed by atoms with E-state index >= 15 is 0 Å². The molecular weight excluding hydrogens is 322 g/mol. The molecule has 0 bridgehead atoms. The molecule has 0 saturated carbocycles. The first-order valence-corrected chi connectivity index (χ1v) is 9.03. The van der Waals surface area contributed by atoms with Crippen LogP contribution < -0.4 is 10.6 Å². The van der Waals surface area contributed by atoms with Gasteiger partial charge in [-0.15, -0.1) is 0 Å². The Morgan fingerprint density at radius 1 is 1.29 bits per heavy atom. The number of likely N-dealkylation sites (tertiary alicyclic amines) is 1. The lowest BCUT2D eigenvalue weighted by molar-refractivity contribution is 0.0526. The van der Waals surface area contributed by atoms with Gasteiger partial charge in [0.25, 0.3) is 0 Å². The Hall–Kier alpha value is -1.66. The topological polar surface area (TPSA) is 53.6 Å². The molecule has 1 saturated heterocycles. The normalized spacial score (nSPS) is 15.8. The number of hydrogen-bond acceptors (Lipinski definition) is 4. The lowest BCUT2D eigenvalue weighted by atomic mass is 9.99. The first-order chi connectivity index (χ1) is 11.6. The fraction of sp³-hybridized carbons (Fsp3) is 0.556. The Bertz CT molecular complexity index is 540. The summed E-state index contributed by atoms with van der Waals surface area (Å²) < 4.78 is 4.96. The molecule has 1 aliphatic heterocycles. The van der Waals surface area contributed by atoms with Crippen LogP contribution in [0.5, 0.6) is 0 Å². The summed E-state index contributed by atoms with van der Waals surface area (Å²) in [7, 11) is 0. The highest BCUT2D eigenvalue weighted by molar-refractivity contribution is 7.80. The molecule has 0 aliphatic carbocycles. The van der Waals surface area contributed by atoms with Crippen molar-refractivity contribution in [3.8, 4) is 0 Å². The van der Waals surface area contributed by atoms with Crippen LogP contribution in [0.3, 0.4) is 0 Å². The number of thiocarbonyl (C=S) groups is 1. The van der Waals surface area contributed by atoms with Gasteiger partial charge in [0.1, 0.15) is 0 Å². The number of rotatable bonds is 6. The molecule has 1 aliphatic rings. The predicted octanol–water partition coefficient (Wildman–Crippen LogP) is 2.88. The lowest BCUT2D eigenvalue weighted by Gasteiger charge is -2.30.